The van der Waals surface area contributed by atoms with Crippen LogP contribution in [0, 0.1) is 23.0 Å². The molecular formula is C29H29Cl2F2N5O7S. The first-order chi connectivity index (χ1) is 21.4. The molecule has 46 heavy (non-hydrogen) atoms. The van der Waals surface area contributed by atoms with Gasteiger partial charge >= 0.3 is 6.16 Å². The van der Waals surface area contributed by atoms with E-state index in [9.17, 15) is 32.5 Å². The van der Waals surface area contributed by atoms with E-state index < -0.39 is 96.0 Å². The van der Waals surface area contributed by atoms with Crippen molar-refractivity contribution in [1.82, 2.24) is 20.3 Å². The van der Waals surface area contributed by atoms with Crippen molar-refractivity contribution in [3.05, 3.63) is 57.8 Å². The van der Waals surface area contributed by atoms with Crippen LogP contribution in [0.2, 0.25) is 10.0 Å². The number of halogens is 4. The Balaban J connectivity index is 1.56. The van der Waals surface area contributed by atoms with Crippen LogP contribution in [0.4, 0.5) is 13.6 Å². The summed E-state index contributed by atoms with van der Waals surface area (Å²) in [5, 5.41) is 11.1. The molecule has 1 unspecified atom stereocenters. The zero-order chi connectivity index (χ0) is 33.8. The van der Waals surface area contributed by atoms with Crippen molar-refractivity contribution in [2.24, 2.45) is 0 Å². The van der Waals surface area contributed by atoms with E-state index in [0.717, 1.165) is 40.4 Å². The van der Waals surface area contributed by atoms with Crippen molar-refractivity contribution in [2.45, 2.75) is 79.3 Å². The van der Waals surface area contributed by atoms with Gasteiger partial charge in [-0.25, -0.2) is 22.0 Å². The average molecular weight is 701 g/mol. The largest absolute Gasteiger partial charge is 0.528 e. The van der Waals surface area contributed by atoms with Gasteiger partial charge in [0.15, 0.2) is 15.4 Å². The minimum Gasteiger partial charge on any atom is -0.427 e. The number of carbonyl (C=O) groups is 3. The maximum atomic E-state index is 15.5. The number of benzene rings is 1. The third kappa shape index (κ3) is 6.23. The molecule has 1 aromatic carbocycles. The van der Waals surface area contributed by atoms with Crippen LogP contribution in [0.25, 0.3) is 0 Å². The first-order valence-electron chi connectivity index (χ1n) is 14.2. The van der Waals surface area contributed by atoms with E-state index in [4.69, 9.17) is 32.8 Å². The fraction of sp³-hybridized carbons (Fsp3) is 0.483. The molecular weight excluding hydrogens is 671 g/mol. The number of pyridine rings is 1. The number of carbonyl (C=O) groups excluding carboxylic acids is 3. The Morgan fingerprint density at radius 3 is 2.39 bits per heavy atom. The number of aromatic nitrogens is 1. The van der Waals surface area contributed by atoms with Gasteiger partial charge in [0.1, 0.15) is 34.5 Å². The van der Waals surface area contributed by atoms with Gasteiger partial charge in [-0.05, 0) is 70.7 Å². The molecule has 2 aromatic rings. The third-order valence-electron chi connectivity index (χ3n) is 8.02. The van der Waals surface area contributed by atoms with Crippen molar-refractivity contribution >= 4 is 51.0 Å². The summed E-state index contributed by atoms with van der Waals surface area (Å²) >= 11 is 12.0. The number of hydrogen-bond donors (Lipinski definition) is 1. The monoisotopic (exact) mass is 699 g/mol. The van der Waals surface area contributed by atoms with Gasteiger partial charge in [-0.1, -0.05) is 23.2 Å². The van der Waals surface area contributed by atoms with Crippen molar-refractivity contribution in [3.63, 3.8) is 0 Å². The van der Waals surface area contributed by atoms with Crippen molar-refractivity contribution in [3.8, 4) is 6.07 Å². The number of nitrogens with zero attached hydrogens (tertiary/aromatic N) is 4. The van der Waals surface area contributed by atoms with Gasteiger partial charge in [0.25, 0.3) is 5.91 Å². The molecule has 12 nitrogen and oxygen atoms in total. The summed E-state index contributed by atoms with van der Waals surface area (Å²) in [5.41, 5.74) is -4.80. The van der Waals surface area contributed by atoms with E-state index in [1.165, 1.54) is 0 Å². The van der Waals surface area contributed by atoms with E-state index in [1.807, 2.05) is 6.07 Å². The first-order valence-corrected chi connectivity index (χ1v) is 16.5. The van der Waals surface area contributed by atoms with E-state index in [0.29, 0.717) is 12.8 Å². The average Bonchev–Trinajstić information content (AvgIpc) is 3.55. The van der Waals surface area contributed by atoms with Gasteiger partial charge in [-0.2, -0.15) is 5.26 Å². The lowest BCUT2D eigenvalue weighted by Gasteiger charge is -2.49. The molecule has 0 radical (unpaired) electrons. The second-order valence-electron chi connectivity index (χ2n) is 12.4. The highest BCUT2D eigenvalue weighted by atomic mass is 35.5. The molecule has 5 rings (SSSR count). The van der Waals surface area contributed by atoms with Crippen molar-refractivity contribution in [2.75, 3.05) is 13.1 Å². The summed E-state index contributed by atoms with van der Waals surface area (Å²) in [7, 11) is -4.38. The molecule has 2 saturated heterocycles. The van der Waals surface area contributed by atoms with Crippen molar-refractivity contribution < 1.29 is 41.2 Å². The summed E-state index contributed by atoms with van der Waals surface area (Å²) in [6.07, 6.45) is -0.0107. The molecule has 2 aliphatic heterocycles. The lowest BCUT2D eigenvalue weighted by Crippen LogP contribution is -2.67. The Kier molecular flexibility index (Phi) is 8.73. The van der Waals surface area contributed by atoms with E-state index >= 15 is 4.39 Å². The summed E-state index contributed by atoms with van der Waals surface area (Å²) in [5.74, 6) is -3.61. The maximum Gasteiger partial charge on any atom is 0.528 e. The SMILES string of the molecule is CC(C)(C)OC(=O)ON1CCC1(C(=O)N1C[C@H](S(=O)(=O)c2ccc(F)cc2Cl)C[C@H]1C(=O)NC1(C#N)CC1)c1ncc(Cl)cc1F. The van der Waals surface area contributed by atoms with E-state index in [1.54, 1.807) is 20.8 Å². The third-order valence-corrected chi connectivity index (χ3v) is 10.8. The number of nitriles is 1. The Labute approximate surface area is 273 Å². The summed E-state index contributed by atoms with van der Waals surface area (Å²) in [6.45, 7) is 4.09. The number of nitrogens with one attached hydrogen (secondary N) is 1. The predicted molar refractivity (Wildman–Crippen MR) is 158 cm³/mol. The van der Waals surface area contributed by atoms with Crippen LogP contribution in [0.3, 0.4) is 0 Å². The summed E-state index contributed by atoms with van der Waals surface area (Å²) in [6, 6.07) is 4.17. The molecule has 3 aliphatic rings. The standard InChI is InChI=1S/C29H29Cl2F2N5O7S/c1-27(2,3)44-26(41)45-38-9-8-29(38,23-20(33)10-16(30)13-35-23)25(40)37-14-18(12-21(37)24(39)36-28(15-34)6-7-28)46(42,43)22-5-4-17(32)11-19(22)31/h4-5,10-11,13,18,21H,6-9,12,14H2,1-3H3,(H,36,39)/t18-,21+,29?/m1/s1. The maximum absolute atomic E-state index is 15.5. The molecule has 1 aliphatic carbocycles. The molecule has 0 spiro atoms. The fourth-order valence-corrected chi connectivity index (χ4v) is 7.88. The summed E-state index contributed by atoms with van der Waals surface area (Å²) < 4.78 is 62.1. The van der Waals surface area contributed by atoms with Gasteiger partial charge in [-0.3, -0.25) is 14.6 Å². The van der Waals surface area contributed by atoms with Gasteiger partial charge in [0.05, 0.1) is 26.3 Å². The van der Waals surface area contributed by atoms with Crippen molar-refractivity contribution in [1.29, 1.82) is 5.26 Å². The smallest absolute Gasteiger partial charge is 0.427 e. The van der Waals surface area contributed by atoms with Gasteiger partial charge in [0, 0.05) is 19.3 Å². The zero-order valence-corrected chi connectivity index (χ0v) is 27.2. The highest BCUT2D eigenvalue weighted by Crippen LogP contribution is 2.45. The summed E-state index contributed by atoms with van der Waals surface area (Å²) in [4.78, 5) is 50.9. The minimum atomic E-state index is -4.38. The normalized spacial score (nSPS) is 24.0. The molecule has 3 heterocycles. The van der Waals surface area contributed by atoms with Crippen LogP contribution >= 0.6 is 23.2 Å². The van der Waals surface area contributed by atoms with Crippen LogP contribution in [0.15, 0.2) is 35.4 Å². The molecule has 1 N–H and O–H groups in total. The Morgan fingerprint density at radius 1 is 1.15 bits per heavy atom. The van der Waals surface area contributed by atoms with Crippen LogP contribution in [0.5, 0.6) is 0 Å². The van der Waals surface area contributed by atoms with Gasteiger partial charge in [0.2, 0.25) is 5.91 Å². The zero-order valence-electron chi connectivity index (χ0n) is 24.9. The molecule has 3 fully saturated rings. The lowest BCUT2D eigenvalue weighted by atomic mass is 9.81. The number of hydroxylamine groups is 2. The molecule has 3 atom stereocenters. The lowest BCUT2D eigenvalue weighted by molar-refractivity contribution is -0.255. The second kappa shape index (κ2) is 11.9. The van der Waals surface area contributed by atoms with E-state index in [2.05, 4.69) is 10.3 Å². The predicted octanol–water partition coefficient (Wildman–Crippen LogP) is 4.05. The number of likely N-dealkylation sites (tertiary alicyclic amines) is 1. The fourth-order valence-electron chi connectivity index (χ4n) is 5.51. The molecule has 1 saturated carbocycles. The van der Waals surface area contributed by atoms with Crippen LogP contribution < -0.4 is 5.32 Å². The molecule has 246 valence electrons. The van der Waals surface area contributed by atoms with Gasteiger partial charge in [-0.15, -0.1) is 5.06 Å². The highest BCUT2D eigenvalue weighted by Gasteiger charge is 2.62. The topological polar surface area (TPSA) is 159 Å². The quantitative estimate of drug-likeness (QED) is 0.330. The molecule has 1 aromatic heterocycles. The number of hydrogen-bond acceptors (Lipinski definition) is 10. The Bertz CT molecular complexity index is 1760. The minimum absolute atomic E-state index is 0.0795. The molecule has 2 amide bonds. The molecule has 0 bridgehead atoms. The molecule has 17 heteroatoms. The van der Waals surface area contributed by atoms with Crippen LogP contribution in [-0.4, -0.2) is 76.9 Å². The number of ether oxygens (including phenoxy) is 1. The highest BCUT2D eigenvalue weighted by molar-refractivity contribution is 7.92. The number of amides is 2. The Morgan fingerprint density at radius 2 is 1.85 bits per heavy atom. The van der Waals surface area contributed by atoms with Crippen LogP contribution in [0.1, 0.15) is 52.1 Å². The van der Waals surface area contributed by atoms with E-state index in [-0.39, 0.29) is 18.0 Å². The Hall–Kier alpha value is -3.58. The van der Waals surface area contributed by atoms with Crippen LogP contribution in [-0.2, 0) is 34.5 Å². The second-order valence-corrected chi connectivity index (χ2v) is 15.4. The van der Waals surface area contributed by atoms with Gasteiger partial charge < -0.3 is 19.8 Å². The number of rotatable bonds is 7. The number of sulfone groups is 1. The first kappa shape index (κ1) is 33.8.